The predicted molar refractivity (Wildman–Crippen MR) is 43.1 cm³/mol. The van der Waals surface area contributed by atoms with Crippen LogP contribution in [0.4, 0.5) is 4.39 Å². The molecule has 0 aromatic heterocycles. The molecule has 0 aliphatic carbocycles. The summed E-state index contributed by atoms with van der Waals surface area (Å²) in [5.74, 6) is -0.373. The normalized spacial score (nSPS) is 9.18. The van der Waals surface area contributed by atoms with Gasteiger partial charge < -0.3 is 4.74 Å². The zero-order valence-corrected chi connectivity index (χ0v) is 7.48. The van der Waals surface area contributed by atoms with Crippen molar-refractivity contribution >= 4 is 5.97 Å². The summed E-state index contributed by atoms with van der Waals surface area (Å²) >= 11 is 0. The lowest BCUT2D eigenvalue weighted by atomic mass is 10.2. The molecule has 11 heavy (non-hydrogen) atoms. The summed E-state index contributed by atoms with van der Waals surface area (Å²) in [7, 11) is 0.500. The number of ether oxygens (including phenoxy) is 1. The van der Waals surface area contributed by atoms with E-state index in [1.807, 2.05) is 20.8 Å². The first kappa shape index (κ1) is 12.8. The number of carbonyl (C=O) groups excluding carboxylic acids is 1. The van der Waals surface area contributed by atoms with Crippen molar-refractivity contribution in [2.45, 2.75) is 26.4 Å². The second kappa shape index (κ2) is 5.89. The number of hydrogen-bond acceptors (Lipinski definition) is 2. The van der Waals surface area contributed by atoms with Crippen molar-refractivity contribution in [1.82, 2.24) is 0 Å². The van der Waals surface area contributed by atoms with Crippen molar-refractivity contribution in [3.05, 3.63) is 12.7 Å². The van der Waals surface area contributed by atoms with Gasteiger partial charge in [-0.2, -0.15) is 0 Å². The average Bonchev–Trinajstić information content (AvgIpc) is 1.89. The standard InChI is InChI=1S/C7H12O2.CH3F/c1-5-6(8)9-7(2,3)4;1-2/h5H,1H2,2-4H3;1H3. The van der Waals surface area contributed by atoms with Gasteiger partial charge in [0, 0.05) is 6.08 Å². The van der Waals surface area contributed by atoms with Crippen molar-refractivity contribution in [2.75, 3.05) is 7.18 Å². The number of rotatable bonds is 1. The highest BCUT2D eigenvalue weighted by molar-refractivity contribution is 5.81. The number of esters is 1. The van der Waals surface area contributed by atoms with Gasteiger partial charge in [0.25, 0.3) is 0 Å². The van der Waals surface area contributed by atoms with Crippen LogP contribution in [-0.4, -0.2) is 18.7 Å². The van der Waals surface area contributed by atoms with Crippen LogP contribution < -0.4 is 0 Å². The lowest BCUT2D eigenvalue weighted by Gasteiger charge is -2.17. The third-order valence-electron chi connectivity index (χ3n) is 0.573. The number of carbonyl (C=O) groups is 1. The monoisotopic (exact) mass is 162 g/mol. The Morgan fingerprint density at radius 1 is 1.45 bits per heavy atom. The minimum atomic E-state index is -0.398. The van der Waals surface area contributed by atoms with Gasteiger partial charge in [0.05, 0.1) is 7.18 Å². The molecule has 3 heteroatoms. The zero-order valence-electron chi connectivity index (χ0n) is 7.48. The Hall–Kier alpha value is -0.860. The minimum absolute atomic E-state index is 0.373. The maximum absolute atomic E-state index is 10.5. The molecular weight excluding hydrogens is 147 g/mol. The second-order valence-corrected chi connectivity index (χ2v) is 2.74. The van der Waals surface area contributed by atoms with E-state index >= 15 is 0 Å². The molecule has 0 aliphatic rings. The molecule has 0 unspecified atom stereocenters. The van der Waals surface area contributed by atoms with Crippen molar-refractivity contribution in [1.29, 1.82) is 0 Å². The minimum Gasteiger partial charge on any atom is -0.457 e. The number of halogens is 1. The van der Waals surface area contributed by atoms with Gasteiger partial charge in [-0.25, -0.2) is 4.79 Å². The highest BCUT2D eigenvalue weighted by Crippen LogP contribution is 2.06. The van der Waals surface area contributed by atoms with Gasteiger partial charge in [0.15, 0.2) is 0 Å². The first-order chi connectivity index (χ1) is 4.95. The Balaban J connectivity index is 0. The molecule has 0 bridgehead atoms. The highest BCUT2D eigenvalue weighted by Gasteiger charge is 2.12. The summed E-state index contributed by atoms with van der Waals surface area (Å²) in [5, 5.41) is 0. The molecule has 0 amide bonds. The number of hydrogen-bond donors (Lipinski definition) is 0. The van der Waals surface area contributed by atoms with Crippen molar-refractivity contribution < 1.29 is 13.9 Å². The third kappa shape index (κ3) is 12.4. The van der Waals surface area contributed by atoms with Crippen LogP contribution >= 0.6 is 0 Å². The van der Waals surface area contributed by atoms with Crippen LogP contribution in [0.15, 0.2) is 12.7 Å². The summed E-state index contributed by atoms with van der Waals surface area (Å²) in [5.41, 5.74) is -0.398. The Bertz CT molecular complexity index is 125. The van der Waals surface area contributed by atoms with E-state index in [-0.39, 0.29) is 5.97 Å². The molecular formula is C8H15FO2. The molecule has 2 nitrogen and oxygen atoms in total. The molecule has 66 valence electrons. The fraction of sp³-hybridized carbons (Fsp3) is 0.625. The first-order valence-corrected chi connectivity index (χ1v) is 3.19. The molecule has 0 rings (SSSR count). The topological polar surface area (TPSA) is 26.3 Å². The van der Waals surface area contributed by atoms with Crippen LogP contribution in [0.1, 0.15) is 20.8 Å². The summed E-state index contributed by atoms with van der Waals surface area (Å²) in [6.45, 7) is 8.71. The first-order valence-electron chi connectivity index (χ1n) is 3.19. The fourth-order valence-corrected chi connectivity index (χ4v) is 0.343. The average molecular weight is 162 g/mol. The van der Waals surface area contributed by atoms with E-state index in [1.165, 1.54) is 0 Å². The predicted octanol–water partition coefficient (Wildman–Crippen LogP) is 2.10. The largest absolute Gasteiger partial charge is 0.457 e. The van der Waals surface area contributed by atoms with Crippen molar-refractivity contribution in [3.8, 4) is 0 Å². The quantitative estimate of drug-likeness (QED) is 0.436. The van der Waals surface area contributed by atoms with Gasteiger partial charge in [-0.15, -0.1) is 0 Å². The summed E-state index contributed by atoms with van der Waals surface area (Å²) in [6, 6.07) is 0. The maximum atomic E-state index is 10.5. The van der Waals surface area contributed by atoms with E-state index in [9.17, 15) is 9.18 Å². The Morgan fingerprint density at radius 2 is 1.82 bits per heavy atom. The van der Waals surface area contributed by atoms with E-state index in [0.29, 0.717) is 7.18 Å². The Kier molecular flexibility index (Phi) is 6.85. The van der Waals surface area contributed by atoms with Gasteiger partial charge >= 0.3 is 5.97 Å². The van der Waals surface area contributed by atoms with Crippen molar-refractivity contribution in [2.24, 2.45) is 0 Å². The van der Waals surface area contributed by atoms with Crippen LogP contribution in [0.25, 0.3) is 0 Å². The number of alkyl halides is 1. The third-order valence-corrected chi connectivity index (χ3v) is 0.573. The summed E-state index contributed by atoms with van der Waals surface area (Å²) < 4.78 is 14.3. The molecule has 0 saturated heterocycles. The molecule has 0 atom stereocenters. The Morgan fingerprint density at radius 3 is 1.91 bits per heavy atom. The van der Waals surface area contributed by atoms with Crippen LogP contribution in [-0.2, 0) is 9.53 Å². The van der Waals surface area contributed by atoms with Gasteiger partial charge in [0.2, 0.25) is 0 Å². The van der Waals surface area contributed by atoms with Crippen molar-refractivity contribution in [3.63, 3.8) is 0 Å². The summed E-state index contributed by atoms with van der Waals surface area (Å²) in [6.07, 6.45) is 1.16. The molecule has 0 aromatic carbocycles. The fourth-order valence-electron chi connectivity index (χ4n) is 0.343. The van der Waals surface area contributed by atoms with E-state index < -0.39 is 5.60 Å². The van der Waals surface area contributed by atoms with E-state index in [4.69, 9.17) is 4.74 Å². The molecule has 0 radical (unpaired) electrons. The van der Waals surface area contributed by atoms with Crippen LogP contribution in [0, 0.1) is 0 Å². The lowest BCUT2D eigenvalue weighted by molar-refractivity contribution is -0.148. The molecule has 0 N–H and O–H groups in total. The molecule has 0 aromatic rings. The van der Waals surface area contributed by atoms with Gasteiger partial charge in [-0.1, -0.05) is 6.58 Å². The van der Waals surface area contributed by atoms with Gasteiger partial charge in [-0.05, 0) is 20.8 Å². The second-order valence-electron chi connectivity index (χ2n) is 2.74. The highest BCUT2D eigenvalue weighted by atomic mass is 19.1. The molecule has 0 aliphatic heterocycles. The van der Waals surface area contributed by atoms with E-state index in [2.05, 4.69) is 6.58 Å². The van der Waals surface area contributed by atoms with E-state index in [0.717, 1.165) is 6.08 Å². The van der Waals surface area contributed by atoms with Crippen LogP contribution in [0.5, 0.6) is 0 Å². The molecule has 0 spiro atoms. The van der Waals surface area contributed by atoms with E-state index in [1.54, 1.807) is 0 Å². The lowest BCUT2D eigenvalue weighted by Crippen LogP contribution is -2.22. The zero-order chi connectivity index (χ0) is 9.49. The van der Waals surface area contributed by atoms with Gasteiger partial charge in [0.1, 0.15) is 5.60 Å². The SMILES string of the molecule is C=CC(=O)OC(C)(C)C.CF. The van der Waals surface area contributed by atoms with Crippen LogP contribution in [0.2, 0.25) is 0 Å². The maximum Gasteiger partial charge on any atom is 0.330 e. The molecule has 0 heterocycles. The summed E-state index contributed by atoms with van der Waals surface area (Å²) in [4.78, 5) is 10.5. The molecule has 0 saturated carbocycles. The van der Waals surface area contributed by atoms with Gasteiger partial charge in [-0.3, -0.25) is 4.39 Å². The molecule has 0 fully saturated rings. The Labute approximate surface area is 67.1 Å². The smallest absolute Gasteiger partial charge is 0.330 e. The van der Waals surface area contributed by atoms with Crippen LogP contribution in [0.3, 0.4) is 0 Å².